The molecule has 6 nitrogen and oxygen atoms in total. The molecule has 0 aliphatic carbocycles. The van der Waals surface area contributed by atoms with E-state index in [0.717, 1.165) is 5.56 Å². The quantitative estimate of drug-likeness (QED) is 0.626. The maximum absolute atomic E-state index is 11.8. The topological polar surface area (TPSA) is 90.6 Å². The Labute approximate surface area is 134 Å². The Morgan fingerprint density at radius 3 is 2.57 bits per heavy atom. The second-order valence-electron chi connectivity index (χ2n) is 4.83. The van der Waals surface area contributed by atoms with Crippen molar-refractivity contribution in [2.75, 3.05) is 19.5 Å². The van der Waals surface area contributed by atoms with Crippen LogP contribution >= 0.6 is 0 Å². The number of ether oxygens (including phenoxy) is 2. The summed E-state index contributed by atoms with van der Waals surface area (Å²) in [6.07, 6.45) is 0. The van der Waals surface area contributed by atoms with Crippen LogP contribution < -0.4 is 15.8 Å². The third kappa shape index (κ3) is 5.03. The van der Waals surface area contributed by atoms with Crippen LogP contribution in [0, 0.1) is 0 Å². The zero-order chi connectivity index (χ0) is 16.7. The number of rotatable bonds is 6. The normalized spacial score (nSPS) is 9.96. The molecule has 0 spiro atoms. The van der Waals surface area contributed by atoms with Crippen molar-refractivity contribution in [3.8, 4) is 5.75 Å². The van der Waals surface area contributed by atoms with E-state index in [1.807, 2.05) is 24.3 Å². The maximum atomic E-state index is 11.8. The number of esters is 1. The van der Waals surface area contributed by atoms with Gasteiger partial charge in [0.2, 0.25) is 0 Å². The summed E-state index contributed by atoms with van der Waals surface area (Å²) in [6.45, 7) is -0.0113. The molecule has 0 bridgehead atoms. The Balaban J connectivity index is 1.78. The molecule has 0 unspecified atom stereocenters. The third-order valence-corrected chi connectivity index (χ3v) is 3.10. The number of amides is 1. The van der Waals surface area contributed by atoms with Gasteiger partial charge < -0.3 is 20.5 Å². The third-order valence-electron chi connectivity index (χ3n) is 3.10. The van der Waals surface area contributed by atoms with Crippen molar-refractivity contribution in [1.82, 2.24) is 5.32 Å². The Morgan fingerprint density at radius 1 is 1.13 bits per heavy atom. The molecule has 3 N–H and O–H groups in total. The summed E-state index contributed by atoms with van der Waals surface area (Å²) in [5.41, 5.74) is 7.33. The van der Waals surface area contributed by atoms with E-state index in [-0.39, 0.29) is 12.5 Å². The molecule has 0 saturated heterocycles. The number of carbonyl (C=O) groups excluding carboxylic acids is 2. The van der Waals surface area contributed by atoms with Crippen molar-refractivity contribution < 1.29 is 19.1 Å². The van der Waals surface area contributed by atoms with Gasteiger partial charge in [-0.05, 0) is 42.0 Å². The number of nitrogen functional groups attached to an aromatic ring is 1. The first-order chi connectivity index (χ1) is 11.1. The Hall–Kier alpha value is -3.02. The molecule has 0 aliphatic heterocycles. The van der Waals surface area contributed by atoms with E-state index in [1.165, 1.54) is 0 Å². The van der Waals surface area contributed by atoms with Crippen molar-refractivity contribution in [3.05, 3.63) is 59.7 Å². The summed E-state index contributed by atoms with van der Waals surface area (Å²) in [4.78, 5) is 23.5. The smallest absolute Gasteiger partial charge is 0.338 e. The lowest BCUT2D eigenvalue weighted by Crippen LogP contribution is -2.28. The first-order valence-electron chi connectivity index (χ1n) is 7.01. The summed E-state index contributed by atoms with van der Waals surface area (Å²) < 4.78 is 10.1. The number of methoxy groups -OCH3 is 1. The molecule has 2 aromatic carbocycles. The van der Waals surface area contributed by atoms with Crippen LogP contribution in [0.1, 0.15) is 15.9 Å². The average Bonchev–Trinajstić information content (AvgIpc) is 2.58. The second-order valence-corrected chi connectivity index (χ2v) is 4.83. The number of nitrogens with two attached hydrogens (primary N) is 1. The predicted molar refractivity (Wildman–Crippen MR) is 86.0 cm³/mol. The van der Waals surface area contributed by atoms with Crippen LogP contribution in [0.15, 0.2) is 48.5 Å². The van der Waals surface area contributed by atoms with Crippen LogP contribution in [0.5, 0.6) is 5.75 Å². The minimum Gasteiger partial charge on any atom is -0.497 e. The van der Waals surface area contributed by atoms with Crippen LogP contribution in [-0.4, -0.2) is 25.6 Å². The lowest BCUT2D eigenvalue weighted by atomic mass is 10.2. The number of hydrogen-bond acceptors (Lipinski definition) is 5. The minimum atomic E-state index is -0.568. The summed E-state index contributed by atoms with van der Waals surface area (Å²) in [7, 11) is 1.58. The van der Waals surface area contributed by atoms with Crippen LogP contribution in [0.2, 0.25) is 0 Å². The van der Waals surface area contributed by atoms with Gasteiger partial charge in [0.1, 0.15) is 5.75 Å². The first-order valence-corrected chi connectivity index (χ1v) is 7.01. The monoisotopic (exact) mass is 314 g/mol. The van der Waals surface area contributed by atoms with E-state index in [2.05, 4.69) is 5.32 Å². The lowest BCUT2D eigenvalue weighted by Gasteiger charge is -2.08. The molecule has 0 atom stereocenters. The van der Waals surface area contributed by atoms with Crippen LogP contribution in [0.3, 0.4) is 0 Å². The van der Waals surface area contributed by atoms with Gasteiger partial charge in [-0.1, -0.05) is 12.1 Å². The zero-order valence-corrected chi connectivity index (χ0v) is 12.7. The van der Waals surface area contributed by atoms with E-state index < -0.39 is 5.97 Å². The number of carbonyl (C=O) groups is 2. The van der Waals surface area contributed by atoms with E-state index in [1.54, 1.807) is 31.4 Å². The average molecular weight is 314 g/mol. The van der Waals surface area contributed by atoms with E-state index in [0.29, 0.717) is 23.5 Å². The highest BCUT2D eigenvalue weighted by molar-refractivity contribution is 5.91. The van der Waals surface area contributed by atoms with Gasteiger partial charge in [0.05, 0.1) is 12.7 Å². The van der Waals surface area contributed by atoms with Crippen LogP contribution in [0.4, 0.5) is 5.69 Å². The molecule has 2 rings (SSSR count). The fourth-order valence-corrected chi connectivity index (χ4v) is 1.87. The highest BCUT2D eigenvalue weighted by Crippen LogP contribution is 2.12. The van der Waals surface area contributed by atoms with Gasteiger partial charge in [0, 0.05) is 12.2 Å². The van der Waals surface area contributed by atoms with Gasteiger partial charge >= 0.3 is 5.97 Å². The molecule has 0 aromatic heterocycles. The number of nitrogens with one attached hydrogen (secondary N) is 1. The van der Waals surface area contributed by atoms with E-state index in [9.17, 15) is 9.59 Å². The predicted octanol–water partition coefficient (Wildman–Crippen LogP) is 1.75. The van der Waals surface area contributed by atoms with E-state index in [4.69, 9.17) is 15.2 Å². The Bertz CT molecular complexity index is 683. The molecule has 0 saturated carbocycles. The van der Waals surface area contributed by atoms with Gasteiger partial charge in [0.25, 0.3) is 5.91 Å². The molecule has 0 fully saturated rings. The van der Waals surface area contributed by atoms with Crippen LogP contribution in [-0.2, 0) is 16.1 Å². The SMILES string of the molecule is COc1cccc(CNC(=O)COC(=O)c2ccc(N)cc2)c1. The highest BCUT2D eigenvalue weighted by atomic mass is 16.5. The Kier molecular flexibility index (Phi) is 5.57. The first kappa shape index (κ1) is 16.4. The van der Waals surface area contributed by atoms with Gasteiger partial charge in [-0.3, -0.25) is 4.79 Å². The van der Waals surface area contributed by atoms with E-state index >= 15 is 0 Å². The fraction of sp³-hybridized carbons (Fsp3) is 0.176. The molecule has 2 aromatic rings. The molecule has 6 heteroatoms. The molecule has 0 aliphatic rings. The molecule has 120 valence electrons. The summed E-state index contributed by atoms with van der Waals surface area (Å²) in [5.74, 6) is -0.232. The fourth-order valence-electron chi connectivity index (χ4n) is 1.87. The number of hydrogen-bond donors (Lipinski definition) is 2. The zero-order valence-electron chi connectivity index (χ0n) is 12.7. The minimum absolute atomic E-state index is 0.329. The summed E-state index contributed by atoms with van der Waals surface area (Å²) >= 11 is 0. The lowest BCUT2D eigenvalue weighted by molar-refractivity contribution is -0.124. The van der Waals surface area contributed by atoms with Crippen molar-refractivity contribution >= 4 is 17.6 Å². The summed E-state index contributed by atoms with van der Waals surface area (Å²) in [6, 6.07) is 13.6. The van der Waals surface area contributed by atoms with Crippen molar-refractivity contribution in [3.63, 3.8) is 0 Å². The molecule has 23 heavy (non-hydrogen) atoms. The van der Waals surface area contributed by atoms with Crippen molar-refractivity contribution in [2.45, 2.75) is 6.54 Å². The number of anilines is 1. The Morgan fingerprint density at radius 2 is 1.87 bits per heavy atom. The van der Waals surface area contributed by atoms with Crippen molar-refractivity contribution in [1.29, 1.82) is 0 Å². The van der Waals surface area contributed by atoms with Gasteiger partial charge in [-0.25, -0.2) is 4.79 Å². The largest absolute Gasteiger partial charge is 0.497 e. The van der Waals surface area contributed by atoms with Crippen LogP contribution in [0.25, 0.3) is 0 Å². The van der Waals surface area contributed by atoms with Gasteiger partial charge in [-0.2, -0.15) is 0 Å². The van der Waals surface area contributed by atoms with Gasteiger partial charge in [-0.15, -0.1) is 0 Å². The maximum Gasteiger partial charge on any atom is 0.338 e. The standard InChI is InChI=1S/C17H18N2O4/c1-22-15-4-2-3-12(9-15)10-19-16(20)11-23-17(21)13-5-7-14(18)8-6-13/h2-9H,10-11,18H2,1H3,(H,19,20). The molecule has 0 heterocycles. The molecule has 1 amide bonds. The number of benzene rings is 2. The van der Waals surface area contributed by atoms with Gasteiger partial charge in [0.15, 0.2) is 6.61 Å². The molecular formula is C17H18N2O4. The summed E-state index contributed by atoms with van der Waals surface area (Å²) in [5, 5.41) is 2.67. The highest BCUT2D eigenvalue weighted by Gasteiger charge is 2.10. The molecule has 0 radical (unpaired) electrons. The van der Waals surface area contributed by atoms with Crippen molar-refractivity contribution in [2.24, 2.45) is 0 Å². The second kappa shape index (κ2) is 7.84. The molecular weight excluding hydrogens is 296 g/mol.